The van der Waals surface area contributed by atoms with Crippen molar-refractivity contribution in [3.8, 4) is 5.75 Å². The Morgan fingerprint density at radius 2 is 2.21 bits per heavy atom. The first-order valence-corrected chi connectivity index (χ1v) is 7.68. The summed E-state index contributed by atoms with van der Waals surface area (Å²) in [6, 6.07) is 11.0. The molecule has 2 heterocycles. The van der Waals surface area contributed by atoms with Crippen LogP contribution in [0.2, 0.25) is 0 Å². The molecule has 2 atom stereocenters. The third-order valence-corrected chi connectivity index (χ3v) is 4.85. The molecular weight excluding hydrogens is 254 g/mol. The Morgan fingerprint density at radius 3 is 2.95 bits per heavy atom. The monoisotopic (exact) mass is 273 g/mol. The molecule has 0 bridgehead atoms. The average molecular weight is 273 g/mol. The minimum atomic E-state index is 0.355. The standard InChI is InChI=1S/C16H19NOS/c1-3-17-15(16-11(2)8-9-19-16)13-10-18-14-7-5-4-6-12(13)14/h4-9,13,15,17H,3,10H2,1-2H3. The first kappa shape index (κ1) is 12.7. The first-order valence-electron chi connectivity index (χ1n) is 6.80. The molecule has 1 N–H and O–H groups in total. The SMILES string of the molecule is CCNC(c1sccc1C)C1COc2ccccc21. The van der Waals surface area contributed by atoms with Gasteiger partial charge >= 0.3 is 0 Å². The molecule has 0 radical (unpaired) electrons. The molecule has 3 heteroatoms. The average Bonchev–Trinajstić information content (AvgIpc) is 3.03. The molecule has 1 aromatic heterocycles. The van der Waals surface area contributed by atoms with Crippen LogP contribution in [0.15, 0.2) is 35.7 Å². The zero-order valence-electron chi connectivity index (χ0n) is 11.3. The molecule has 3 rings (SSSR count). The Labute approximate surface area is 118 Å². The van der Waals surface area contributed by atoms with E-state index in [2.05, 4.69) is 48.8 Å². The summed E-state index contributed by atoms with van der Waals surface area (Å²) in [6.07, 6.45) is 0. The Kier molecular flexibility index (Phi) is 3.58. The molecule has 0 saturated carbocycles. The summed E-state index contributed by atoms with van der Waals surface area (Å²) in [5.41, 5.74) is 2.71. The van der Waals surface area contributed by atoms with Crippen molar-refractivity contribution in [3.05, 3.63) is 51.7 Å². The van der Waals surface area contributed by atoms with E-state index in [0.29, 0.717) is 12.0 Å². The summed E-state index contributed by atoms with van der Waals surface area (Å²) in [4.78, 5) is 1.44. The van der Waals surface area contributed by atoms with Crippen LogP contribution in [0.5, 0.6) is 5.75 Å². The summed E-state index contributed by atoms with van der Waals surface area (Å²) in [5.74, 6) is 1.46. The van der Waals surface area contributed by atoms with Crippen LogP contribution in [0.1, 0.15) is 34.9 Å². The Balaban J connectivity index is 1.96. The minimum absolute atomic E-state index is 0.355. The van der Waals surface area contributed by atoms with Crippen molar-refractivity contribution >= 4 is 11.3 Å². The Hall–Kier alpha value is -1.32. The van der Waals surface area contributed by atoms with Crippen LogP contribution in [0, 0.1) is 6.92 Å². The van der Waals surface area contributed by atoms with E-state index in [1.54, 1.807) is 0 Å². The molecule has 2 unspecified atom stereocenters. The van der Waals surface area contributed by atoms with E-state index in [1.807, 2.05) is 17.4 Å². The van der Waals surface area contributed by atoms with E-state index < -0.39 is 0 Å². The molecule has 1 aromatic carbocycles. The van der Waals surface area contributed by atoms with Gasteiger partial charge < -0.3 is 10.1 Å². The number of nitrogens with one attached hydrogen (secondary N) is 1. The lowest BCUT2D eigenvalue weighted by Crippen LogP contribution is -2.27. The summed E-state index contributed by atoms with van der Waals surface area (Å²) in [5, 5.41) is 5.82. The van der Waals surface area contributed by atoms with Gasteiger partial charge in [0, 0.05) is 16.4 Å². The fourth-order valence-electron chi connectivity index (χ4n) is 2.80. The predicted molar refractivity (Wildman–Crippen MR) is 80.2 cm³/mol. The molecule has 0 fully saturated rings. The normalized spacial score (nSPS) is 18.9. The minimum Gasteiger partial charge on any atom is -0.493 e. The number of fused-ring (bicyclic) bond motifs is 1. The second-order valence-corrected chi connectivity index (χ2v) is 5.91. The highest BCUT2D eigenvalue weighted by Crippen LogP contribution is 2.43. The van der Waals surface area contributed by atoms with Crippen LogP contribution in [-0.4, -0.2) is 13.2 Å². The highest BCUT2D eigenvalue weighted by molar-refractivity contribution is 7.10. The molecule has 0 amide bonds. The number of thiophene rings is 1. The van der Waals surface area contributed by atoms with Crippen LogP contribution < -0.4 is 10.1 Å². The molecule has 2 aromatic rings. The first-order chi connectivity index (χ1) is 9.31. The second-order valence-electron chi connectivity index (χ2n) is 4.96. The summed E-state index contributed by atoms with van der Waals surface area (Å²) in [7, 11) is 0. The maximum absolute atomic E-state index is 5.84. The van der Waals surface area contributed by atoms with Crippen molar-refractivity contribution in [3.63, 3.8) is 0 Å². The fourth-order valence-corrected chi connectivity index (χ4v) is 3.87. The molecule has 1 aliphatic rings. The van der Waals surface area contributed by atoms with Crippen molar-refractivity contribution < 1.29 is 4.74 Å². The van der Waals surface area contributed by atoms with E-state index in [9.17, 15) is 0 Å². The van der Waals surface area contributed by atoms with E-state index in [-0.39, 0.29) is 0 Å². The molecule has 1 aliphatic heterocycles. The van der Waals surface area contributed by atoms with Crippen LogP contribution in [0.25, 0.3) is 0 Å². The maximum Gasteiger partial charge on any atom is 0.122 e. The van der Waals surface area contributed by atoms with Crippen molar-refractivity contribution in [1.82, 2.24) is 5.32 Å². The fraction of sp³-hybridized carbons (Fsp3) is 0.375. The second kappa shape index (κ2) is 5.35. The van der Waals surface area contributed by atoms with Gasteiger partial charge in [0.05, 0.1) is 12.6 Å². The van der Waals surface area contributed by atoms with E-state index in [4.69, 9.17) is 4.74 Å². The third kappa shape index (κ3) is 2.28. The molecular formula is C16H19NOS. The summed E-state index contributed by atoms with van der Waals surface area (Å²) < 4.78 is 5.84. The molecule has 100 valence electrons. The number of ether oxygens (including phenoxy) is 1. The number of aryl methyl sites for hydroxylation is 1. The lowest BCUT2D eigenvalue weighted by Gasteiger charge is -2.23. The lowest BCUT2D eigenvalue weighted by molar-refractivity contribution is 0.302. The Bertz CT molecular complexity index is 563. The van der Waals surface area contributed by atoms with Gasteiger partial charge in [-0.3, -0.25) is 0 Å². The molecule has 2 nitrogen and oxygen atoms in total. The van der Waals surface area contributed by atoms with Gasteiger partial charge in [-0.1, -0.05) is 25.1 Å². The quantitative estimate of drug-likeness (QED) is 0.912. The van der Waals surface area contributed by atoms with Gasteiger partial charge in [-0.2, -0.15) is 0 Å². The highest BCUT2D eigenvalue weighted by Gasteiger charge is 2.32. The van der Waals surface area contributed by atoms with Gasteiger partial charge in [0.1, 0.15) is 5.75 Å². The topological polar surface area (TPSA) is 21.3 Å². The van der Waals surface area contributed by atoms with E-state index >= 15 is 0 Å². The van der Waals surface area contributed by atoms with Crippen LogP contribution >= 0.6 is 11.3 Å². The smallest absolute Gasteiger partial charge is 0.122 e. The van der Waals surface area contributed by atoms with Crippen LogP contribution in [0.3, 0.4) is 0 Å². The van der Waals surface area contributed by atoms with Gasteiger partial charge in [-0.25, -0.2) is 0 Å². The van der Waals surface area contributed by atoms with Crippen molar-refractivity contribution in [2.45, 2.75) is 25.8 Å². The maximum atomic E-state index is 5.84. The zero-order chi connectivity index (χ0) is 13.2. The number of para-hydroxylation sites is 1. The predicted octanol–water partition coefficient (Wildman–Crippen LogP) is 3.88. The third-order valence-electron chi connectivity index (χ3n) is 3.75. The number of likely N-dealkylation sites (N-methyl/N-ethyl adjacent to an activating group) is 1. The number of benzene rings is 1. The van der Waals surface area contributed by atoms with Gasteiger partial charge in [-0.15, -0.1) is 11.3 Å². The highest BCUT2D eigenvalue weighted by atomic mass is 32.1. The van der Waals surface area contributed by atoms with Crippen molar-refractivity contribution in [2.24, 2.45) is 0 Å². The zero-order valence-corrected chi connectivity index (χ0v) is 12.2. The van der Waals surface area contributed by atoms with E-state index in [0.717, 1.165) is 18.9 Å². The lowest BCUT2D eigenvalue weighted by atomic mass is 9.91. The Morgan fingerprint density at radius 1 is 1.37 bits per heavy atom. The van der Waals surface area contributed by atoms with Crippen molar-refractivity contribution in [1.29, 1.82) is 0 Å². The molecule has 0 saturated heterocycles. The number of hydrogen-bond acceptors (Lipinski definition) is 3. The van der Waals surface area contributed by atoms with Gasteiger partial charge in [-0.05, 0) is 36.5 Å². The molecule has 0 aliphatic carbocycles. The van der Waals surface area contributed by atoms with Gasteiger partial charge in [0.15, 0.2) is 0 Å². The van der Waals surface area contributed by atoms with E-state index in [1.165, 1.54) is 16.0 Å². The van der Waals surface area contributed by atoms with Crippen LogP contribution in [-0.2, 0) is 0 Å². The van der Waals surface area contributed by atoms with Gasteiger partial charge in [0.2, 0.25) is 0 Å². The summed E-state index contributed by atoms with van der Waals surface area (Å²) >= 11 is 1.84. The van der Waals surface area contributed by atoms with Gasteiger partial charge in [0.25, 0.3) is 0 Å². The molecule has 0 spiro atoms. The summed E-state index contributed by atoms with van der Waals surface area (Å²) in [6.45, 7) is 6.10. The van der Waals surface area contributed by atoms with Crippen molar-refractivity contribution in [2.75, 3.05) is 13.2 Å². The van der Waals surface area contributed by atoms with Crippen LogP contribution in [0.4, 0.5) is 0 Å². The largest absolute Gasteiger partial charge is 0.493 e. The number of rotatable bonds is 4. The number of hydrogen-bond donors (Lipinski definition) is 1. The molecule has 19 heavy (non-hydrogen) atoms.